The molecule has 0 bridgehead atoms. The third-order valence-corrected chi connectivity index (χ3v) is 3.51. The van der Waals surface area contributed by atoms with Crippen LogP contribution in [-0.4, -0.2) is 24.3 Å². The molecule has 8 heteroatoms. The molecule has 0 saturated carbocycles. The number of hydrogen-bond acceptors (Lipinski definition) is 3. The minimum absolute atomic E-state index is 0.150. The number of benzene rings is 1. The molecular weight excluding hydrogens is 284 g/mol. The summed E-state index contributed by atoms with van der Waals surface area (Å²) in [5.41, 5.74) is 0.629. The van der Waals surface area contributed by atoms with Crippen molar-refractivity contribution in [2.75, 3.05) is 0 Å². The zero-order valence-electron chi connectivity index (χ0n) is 10.6. The van der Waals surface area contributed by atoms with Crippen molar-refractivity contribution in [3.05, 3.63) is 40.7 Å². The highest BCUT2D eigenvalue weighted by Gasteiger charge is 2.14. The van der Waals surface area contributed by atoms with Crippen LogP contribution in [0.5, 0.6) is 0 Å². The number of halogens is 2. The maximum atomic E-state index is 13.9. The van der Waals surface area contributed by atoms with E-state index in [-0.39, 0.29) is 5.52 Å². The maximum absolute atomic E-state index is 13.9. The minimum Gasteiger partial charge on any atom is -0.330 e. The van der Waals surface area contributed by atoms with Gasteiger partial charge in [0.15, 0.2) is 16.4 Å². The molecule has 0 spiro atoms. The molecule has 3 aromatic rings. The summed E-state index contributed by atoms with van der Waals surface area (Å²) in [5, 5.41) is 7.73. The van der Waals surface area contributed by atoms with Crippen LogP contribution in [0.3, 0.4) is 0 Å². The van der Waals surface area contributed by atoms with Gasteiger partial charge < -0.3 is 14.1 Å². The van der Waals surface area contributed by atoms with E-state index in [0.717, 1.165) is 11.9 Å². The number of aryl methyl sites for hydroxylation is 3. The summed E-state index contributed by atoms with van der Waals surface area (Å²) < 4.78 is 30.9. The molecule has 0 aliphatic rings. The number of aromatic amines is 1. The second-order valence-electron chi connectivity index (χ2n) is 4.45. The molecule has 0 unspecified atom stereocenters. The summed E-state index contributed by atoms with van der Waals surface area (Å²) in [4.78, 5) is 2.87. The van der Waals surface area contributed by atoms with Gasteiger partial charge in [0.25, 0.3) is 0 Å². The van der Waals surface area contributed by atoms with Gasteiger partial charge >= 0.3 is 0 Å². The van der Waals surface area contributed by atoms with E-state index in [1.807, 2.05) is 7.05 Å². The van der Waals surface area contributed by atoms with Crippen LogP contribution in [0.1, 0.15) is 5.82 Å². The van der Waals surface area contributed by atoms with E-state index < -0.39 is 11.6 Å². The van der Waals surface area contributed by atoms with Gasteiger partial charge in [-0.1, -0.05) is 0 Å². The van der Waals surface area contributed by atoms with Gasteiger partial charge in [0.05, 0.1) is 5.52 Å². The SMILES string of the molecule is Cn1cnnc1CCn1c(=S)[nH]c2ccc(F)c(F)c21. The van der Waals surface area contributed by atoms with E-state index >= 15 is 0 Å². The number of nitrogens with zero attached hydrogens (tertiary/aromatic N) is 4. The summed E-state index contributed by atoms with van der Waals surface area (Å²) in [7, 11) is 1.82. The van der Waals surface area contributed by atoms with E-state index in [0.29, 0.717) is 23.3 Å². The van der Waals surface area contributed by atoms with Crippen molar-refractivity contribution in [3.63, 3.8) is 0 Å². The molecular formula is C12H11F2N5S. The van der Waals surface area contributed by atoms with Crippen molar-refractivity contribution >= 4 is 23.3 Å². The molecule has 0 atom stereocenters. The van der Waals surface area contributed by atoms with Crippen molar-refractivity contribution in [3.8, 4) is 0 Å². The van der Waals surface area contributed by atoms with Crippen LogP contribution in [0.25, 0.3) is 11.0 Å². The molecule has 2 heterocycles. The van der Waals surface area contributed by atoms with Crippen LogP contribution in [-0.2, 0) is 20.0 Å². The second kappa shape index (κ2) is 4.78. The Morgan fingerprint density at radius 1 is 1.35 bits per heavy atom. The van der Waals surface area contributed by atoms with Crippen LogP contribution in [0, 0.1) is 16.4 Å². The third kappa shape index (κ3) is 2.01. The number of rotatable bonds is 3. The lowest BCUT2D eigenvalue weighted by Crippen LogP contribution is -2.07. The van der Waals surface area contributed by atoms with Crippen LogP contribution in [0.15, 0.2) is 18.5 Å². The van der Waals surface area contributed by atoms with Gasteiger partial charge in [-0.25, -0.2) is 8.78 Å². The summed E-state index contributed by atoms with van der Waals surface area (Å²) in [6, 6.07) is 2.55. The summed E-state index contributed by atoms with van der Waals surface area (Å²) in [5.74, 6) is -1.04. The molecule has 104 valence electrons. The quantitative estimate of drug-likeness (QED) is 0.755. The highest BCUT2D eigenvalue weighted by molar-refractivity contribution is 7.71. The van der Waals surface area contributed by atoms with Crippen molar-refractivity contribution in [2.24, 2.45) is 7.05 Å². The van der Waals surface area contributed by atoms with Crippen molar-refractivity contribution in [1.82, 2.24) is 24.3 Å². The number of imidazole rings is 1. The molecule has 3 rings (SSSR count). The molecule has 0 fully saturated rings. The van der Waals surface area contributed by atoms with E-state index in [2.05, 4.69) is 15.2 Å². The highest BCUT2D eigenvalue weighted by atomic mass is 32.1. The normalized spacial score (nSPS) is 11.3. The van der Waals surface area contributed by atoms with Gasteiger partial charge in [0, 0.05) is 20.0 Å². The fraction of sp³-hybridized carbons (Fsp3) is 0.250. The van der Waals surface area contributed by atoms with Gasteiger partial charge in [-0.3, -0.25) is 0 Å². The largest absolute Gasteiger partial charge is 0.330 e. The first-order valence-electron chi connectivity index (χ1n) is 5.97. The Labute approximate surface area is 117 Å². The Morgan fingerprint density at radius 3 is 2.85 bits per heavy atom. The standard InChI is InChI=1S/C12H11F2N5S/c1-18-6-15-17-9(18)4-5-19-11-8(16-12(19)20)3-2-7(13)10(11)14/h2-3,6H,4-5H2,1H3,(H,16,20). The molecule has 0 amide bonds. The van der Waals surface area contributed by atoms with Gasteiger partial charge in [-0.05, 0) is 24.4 Å². The van der Waals surface area contributed by atoms with Crippen molar-refractivity contribution in [1.29, 1.82) is 0 Å². The van der Waals surface area contributed by atoms with Gasteiger partial charge in [-0.2, -0.15) is 0 Å². The number of nitrogens with one attached hydrogen (secondary N) is 1. The van der Waals surface area contributed by atoms with Crippen LogP contribution >= 0.6 is 12.2 Å². The lowest BCUT2D eigenvalue weighted by atomic mass is 10.3. The van der Waals surface area contributed by atoms with Gasteiger partial charge in [0.1, 0.15) is 17.7 Å². The van der Waals surface area contributed by atoms with Crippen LogP contribution in [0.2, 0.25) is 0 Å². The van der Waals surface area contributed by atoms with E-state index in [9.17, 15) is 8.78 Å². The Kier molecular flexibility index (Phi) is 3.09. The minimum atomic E-state index is -0.896. The fourth-order valence-corrected chi connectivity index (χ4v) is 2.44. The van der Waals surface area contributed by atoms with E-state index in [1.165, 1.54) is 10.6 Å². The summed E-state index contributed by atoms with van der Waals surface area (Å²) in [6.07, 6.45) is 2.11. The Bertz CT molecular complexity index is 832. The lowest BCUT2D eigenvalue weighted by Gasteiger charge is -2.05. The molecule has 2 aromatic heterocycles. The first-order valence-corrected chi connectivity index (χ1v) is 6.38. The number of hydrogen-bond donors (Lipinski definition) is 1. The Balaban J connectivity index is 2.03. The topological polar surface area (TPSA) is 51.4 Å². The number of aromatic nitrogens is 5. The summed E-state index contributed by atoms with van der Waals surface area (Å²) in [6.45, 7) is 0.395. The molecule has 1 N–H and O–H groups in total. The number of fused-ring (bicyclic) bond motifs is 1. The monoisotopic (exact) mass is 295 g/mol. The number of H-pyrrole nitrogens is 1. The third-order valence-electron chi connectivity index (χ3n) is 3.19. The Hall–Kier alpha value is -2.09. The second-order valence-corrected chi connectivity index (χ2v) is 4.83. The fourth-order valence-electron chi connectivity index (χ4n) is 2.15. The van der Waals surface area contributed by atoms with Crippen LogP contribution < -0.4 is 0 Å². The van der Waals surface area contributed by atoms with Gasteiger partial charge in [-0.15, -0.1) is 10.2 Å². The average Bonchev–Trinajstić information content (AvgIpc) is 2.96. The average molecular weight is 295 g/mol. The molecule has 20 heavy (non-hydrogen) atoms. The molecule has 0 saturated heterocycles. The van der Waals surface area contributed by atoms with Crippen molar-refractivity contribution in [2.45, 2.75) is 13.0 Å². The van der Waals surface area contributed by atoms with Crippen molar-refractivity contribution < 1.29 is 8.78 Å². The van der Waals surface area contributed by atoms with E-state index in [1.54, 1.807) is 10.9 Å². The van der Waals surface area contributed by atoms with Gasteiger partial charge in [0.2, 0.25) is 0 Å². The molecule has 0 radical (unpaired) electrons. The first-order chi connectivity index (χ1) is 9.58. The molecule has 0 aliphatic carbocycles. The van der Waals surface area contributed by atoms with E-state index in [4.69, 9.17) is 12.2 Å². The lowest BCUT2D eigenvalue weighted by molar-refractivity contribution is 0.510. The highest BCUT2D eigenvalue weighted by Crippen LogP contribution is 2.20. The zero-order chi connectivity index (χ0) is 14.3. The predicted molar refractivity (Wildman–Crippen MR) is 71.7 cm³/mol. The summed E-state index contributed by atoms with van der Waals surface area (Å²) >= 11 is 5.16. The molecule has 5 nitrogen and oxygen atoms in total. The first kappa shape index (κ1) is 12.9. The molecule has 0 aliphatic heterocycles. The van der Waals surface area contributed by atoms with Crippen LogP contribution in [0.4, 0.5) is 8.78 Å². The molecule has 1 aromatic carbocycles. The predicted octanol–water partition coefficient (Wildman–Crippen LogP) is 2.35. The Morgan fingerprint density at radius 2 is 2.15 bits per heavy atom. The smallest absolute Gasteiger partial charge is 0.184 e. The zero-order valence-corrected chi connectivity index (χ0v) is 11.4. The maximum Gasteiger partial charge on any atom is 0.184 e.